The minimum absolute atomic E-state index is 0.0623. The van der Waals surface area contributed by atoms with Gasteiger partial charge in [0.25, 0.3) is 5.56 Å². The number of halogens is 2. The van der Waals surface area contributed by atoms with Crippen LogP contribution in [0, 0.1) is 5.82 Å². The third kappa shape index (κ3) is 3.40. The van der Waals surface area contributed by atoms with Gasteiger partial charge in [-0.1, -0.05) is 23.7 Å². The van der Waals surface area contributed by atoms with Gasteiger partial charge in [-0.05, 0) is 24.6 Å². The maximum atomic E-state index is 13.3. The number of benzene rings is 1. The van der Waals surface area contributed by atoms with Gasteiger partial charge >= 0.3 is 5.69 Å². The van der Waals surface area contributed by atoms with Crippen molar-refractivity contribution in [1.82, 2.24) is 9.55 Å². The smallest absolute Gasteiger partial charge is 0.329 e. The number of nitrogens with one attached hydrogen (secondary N) is 1. The maximum Gasteiger partial charge on any atom is 0.329 e. The lowest BCUT2D eigenvalue weighted by atomic mass is 10.1. The summed E-state index contributed by atoms with van der Waals surface area (Å²) in [6.45, 7) is 2.62. The summed E-state index contributed by atoms with van der Waals surface area (Å²) in [7, 11) is 0. The van der Waals surface area contributed by atoms with Gasteiger partial charge in [-0.15, -0.1) is 0 Å². The monoisotopic (exact) mass is 312 g/mol. The highest BCUT2D eigenvalue weighted by molar-refractivity contribution is 6.32. The fraction of sp³-hybridized carbons (Fsp3) is 0.286. The van der Waals surface area contributed by atoms with E-state index in [1.54, 1.807) is 6.07 Å². The summed E-state index contributed by atoms with van der Waals surface area (Å²) in [6, 6.07) is 5.47. The number of rotatable bonds is 5. The van der Waals surface area contributed by atoms with E-state index in [1.807, 2.05) is 6.92 Å². The second-order valence-corrected chi connectivity index (χ2v) is 4.66. The molecular weight excluding hydrogens is 299 g/mol. The standard InChI is InChI=1S/C14H14ClFN2O3/c1-2-21-7-6-18-13(19)11(12(15)17-14(18)20)9-4-3-5-10(16)8-9/h3-5,8H,2,6-7H2,1H3,(H,17,20). The van der Waals surface area contributed by atoms with Crippen molar-refractivity contribution < 1.29 is 9.13 Å². The summed E-state index contributed by atoms with van der Waals surface area (Å²) in [6.07, 6.45) is 0. The molecule has 0 aliphatic heterocycles. The average molecular weight is 313 g/mol. The number of nitrogens with zero attached hydrogens (tertiary/aromatic N) is 1. The summed E-state index contributed by atoms with van der Waals surface area (Å²) in [4.78, 5) is 26.6. The summed E-state index contributed by atoms with van der Waals surface area (Å²) in [5.41, 5.74) is -0.822. The van der Waals surface area contributed by atoms with Crippen LogP contribution in [0.2, 0.25) is 5.15 Å². The lowest BCUT2D eigenvalue weighted by molar-refractivity contribution is 0.137. The molecule has 21 heavy (non-hydrogen) atoms. The summed E-state index contributed by atoms with van der Waals surface area (Å²) in [5.74, 6) is -0.491. The summed E-state index contributed by atoms with van der Waals surface area (Å²) < 4.78 is 19.4. The molecule has 1 N–H and O–H groups in total. The average Bonchev–Trinajstić information content (AvgIpc) is 2.42. The molecule has 0 radical (unpaired) electrons. The zero-order valence-corrected chi connectivity index (χ0v) is 12.1. The topological polar surface area (TPSA) is 64.1 Å². The van der Waals surface area contributed by atoms with Crippen molar-refractivity contribution in [2.24, 2.45) is 0 Å². The van der Waals surface area contributed by atoms with Gasteiger partial charge in [0, 0.05) is 6.61 Å². The van der Waals surface area contributed by atoms with Crippen LogP contribution in [0.5, 0.6) is 0 Å². The lowest BCUT2D eigenvalue weighted by Gasteiger charge is -2.09. The zero-order chi connectivity index (χ0) is 15.4. The van der Waals surface area contributed by atoms with E-state index in [2.05, 4.69) is 4.98 Å². The predicted octanol–water partition coefficient (Wildman–Crippen LogP) is 2.03. The van der Waals surface area contributed by atoms with Gasteiger partial charge < -0.3 is 4.74 Å². The third-order valence-corrected chi connectivity index (χ3v) is 3.20. The molecule has 7 heteroatoms. The van der Waals surface area contributed by atoms with Crippen LogP contribution in [-0.2, 0) is 11.3 Å². The Hall–Kier alpha value is -1.92. The van der Waals surface area contributed by atoms with E-state index in [1.165, 1.54) is 18.2 Å². The van der Waals surface area contributed by atoms with E-state index in [0.29, 0.717) is 12.2 Å². The predicted molar refractivity (Wildman–Crippen MR) is 78.2 cm³/mol. The van der Waals surface area contributed by atoms with Crippen molar-refractivity contribution in [3.05, 3.63) is 56.1 Å². The van der Waals surface area contributed by atoms with Crippen LogP contribution in [0.25, 0.3) is 11.1 Å². The van der Waals surface area contributed by atoms with E-state index in [9.17, 15) is 14.0 Å². The number of hydrogen-bond donors (Lipinski definition) is 1. The Morgan fingerprint density at radius 2 is 2.14 bits per heavy atom. The molecule has 0 bridgehead atoms. The number of aromatic amines is 1. The van der Waals surface area contributed by atoms with E-state index in [-0.39, 0.29) is 23.9 Å². The largest absolute Gasteiger partial charge is 0.380 e. The van der Waals surface area contributed by atoms with Crippen molar-refractivity contribution in [1.29, 1.82) is 0 Å². The van der Waals surface area contributed by atoms with Gasteiger partial charge in [-0.2, -0.15) is 0 Å². The first-order chi connectivity index (χ1) is 10.0. The van der Waals surface area contributed by atoms with Gasteiger partial charge in [0.15, 0.2) is 0 Å². The molecular formula is C14H14ClFN2O3. The number of H-pyrrole nitrogens is 1. The molecule has 0 aliphatic rings. The third-order valence-electron chi connectivity index (χ3n) is 2.92. The first-order valence-corrected chi connectivity index (χ1v) is 6.78. The molecule has 0 atom stereocenters. The van der Waals surface area contributed by atoms with Gasteiger partial charge in [0.05, 0.1) is 18.7 Å². The van der Waals surface area contributed by atoms with Crippen molar-refractivity contribution in [2.45, 2.75) is 13.5 Å². The Kier molecular flexibility index (Phi) is 4.93. The van der Waals surface area contributed by atoms with Gasteiger partial charge in [-0.25, -0.2) is 9.18 Å². The molecule has 0 fully saturated rings. The second kappa shape index (κ2) is 6.69. The highest BCUT2D eigenvalue weighted by atomic mass is 35.5. The SMILES string of the molecule is CCOCCn1c(=O)[nH]c(Cl)c(-c2cccc(F)c2)c1=O. The number of aromatic nitrogens is 2. The molecule has 0 saturated heterocycles. The molecule has 5 nitrogen and oxygen atoms in total. The Morgan fingerprint density at radius 3 is 2.81 bits per heavy atom. The summed E-state index contributed by atoms with van der Waals surface area (Å²) in [5, 5.41) is -0.108. The Labute approximate surface area is 125 Å². The van der Waals surface area contributed by atoms with Crippen molar-refractivity contribution in [3.8, 4) is 11.1 Å². The van der Waals surface area contributed by atoms with Gasteiger partial charge in [-0.3, -0.25) is 14.3 Å². The molecule has 0 aliphatic carbocycles. The van der Waals surface area contributed by atoms with E-state index in [0.717, 1.165) is 4.57 Å². The molecule has 0 amide bonds. The summed E-state index contributed by atoms with van der Waals surface area (Å²) >= 11 is 5.93. The fourth-order valence-electron chi connectivity index (χ4n) is 1.94. The van der Waals surface area contributed by atoms with Gasteiger partial charge in [0.2, 0.25) is 0 Å². The maximum absolute atomic E-state index is 13.3. The molecule has 1 aromatic carbocycles. The lowest BCUT2D eigenvalue weighted by Crippen LogP contribution is -2.37. The molecule has 2 aromatic rings. The van der Waals surface area contributed by atoms with Gasteiger partial charge in [0.1, 0.15) is 11.0 Å². The van der Waals surface area contributed by atoms with E-state index in [4.69, 9.17) is 16.3 Å². The molecule has 2 rings (SSSR count). The van der Waals surface area contributed by atoms with Crippen LogP contribution >= 0.6 is 11.6 Å². The molecule has 0 unspecified atom stereocenters. The minimum atomic E-state index is -0.621. The number of hydrogen-bond acceptors (Lipinski definition) is 3. The molecule has 112 valence electrons. The Balaban J connectivity index is 2.54. The van der Waals surface area contributed by atoms with Crippen molar-refractivity contribution in [3.63, 3.8) is 0 Å². The van der Waals surface area contributed by atoms with Crippen LogP contribution in [0.4, 0.5) is 4.39 Å². The normalized spacial score (nSPS) is 10.8. The zero-order valence-electron chi connectivity index (χ0n) is 11.4. The first-order valence-electron chi connectivity index (χ1n) is 6.41. The molecule has 0 spiro atoms. The number of ether oxygens (including phenoxy) is 1. The molecule has 1 aromatic heterocycles. The Bertz CT molecular complexity index is 755. The molecule has 1 heterocycles. The highest BCUT2D eigenvalue weighted by Crippen LogP contribution is 2.22. The molecule has 0 saturated carbocycles. The second-order valence-electron chi connectivity index (χ2n) is 4.28. The van der Waals surface area contributed by atoms with Crippen LogP contribution < -0.4 is 11.2 Å². The van der Waals surface area contributed by atoms with Crippen LogP contribution in [0.1, 0.15) is 6.92 Å². The van der Waals surface area contributed by atoms with Crippen LogP contribution in [-0.4, -0.2) is 22.8 Å². The van der Waals surface area contributed by atoms with Crippen LogP contribution in [0.15, 0.2) is 33.9 Å². The quantitative estimate of drug-likeness (QED) is 0.678. The first kappa shape index (κ1) is 15.5. The van der Waals surface area contributed by atoms with E-state index >= 15 is 0 Å². The fourth-order valence-corrected chi connectivity index (χ4v) is 2.21. The highest BCUT2D eigenvalue weighted by Gasteiger charge is 2.15. The van der Waals surface area contributed by atoms with E-state index < -0.39 is 17.1 Å². The van der Waals surface area contributed by atoms with Crippen molar-refractivity contribution >= 4 is 11.6 Å². The van der Waals surface area contributed by atoms with Crippen LogP contribution in [0.3, 0.4) is 0 Å². The van der Waals surface area contributed by atoms with Crippen molar-refractivity contribution in [2.75, 3.05) is 13.2 Å². The minimum Gasteiger partial charge on any atom is -0.380 e. The Morgan fingerprint density at radius 1 is 1.38 bits per heavy atom.